The lowest BCUT2D eigenvalue weighted by Crippen LogP contribution is -2.36. The highest BCUT2D eigenvalue weighted by Crippen LogP contribution is 2.63. The Kier molecular flexibility index (Phi) is 8.21. The van der Waals surface area contributed by atoms with Crippen molar-refractivity contribution in [2.75, 3.05) is 4.90 Å². The van der Waals surface area contributed by atoms with Crippen LogP contribution in [0.5, 0.6) is 0 Å². The molecule has 2 atom stereocenters. The van der Waals surface area contributed by atoms with Crippen LogP contribution >= 0.6 is 0 Å². The van der Waals surface area contributed by atoms with Gasteiger partial charge in [-0.3, -0.25) is 4.98 Å². The summed E-state index contributed by atoms with van der Waals surface area (Å²) in [7, 11) is 0. The first-order valence-corrected chi connectivity index (χ1v) is 21.1. The fourth-order valence-electron chi connectivity index (χ4n) is 10.5. The van der Waals surface area contributed by atoms with Crippen molar-refractivity contribution in [1.82, 2.24) is 4.98 Å². The van der Waals surface area contributed by atoms with E-state index in [0.29, 0.717) is 0 Å². The maximum absolute atomic E-state index is 6.26. The van der Waals surface area contributed by atoms with Crippen molar-refractivity contribution in [2.45, 2.75) is 11.3 Å². The number of hydrogen-bond donors (Lipinski definition) is 0. The maximum atomic E-state index is 6.26. The maximum Gasteiger partial charge on any atom is 0.153 e. The molecule has 2 aliphatic rings. The average molecular weight is 781 g/mol. The monoisotopic (exact) mass is 780 g/mol. The second kappa shape index (κ2) is 14.2. The Morgan fingerprint density at radius 2 is 1.03 bits per heavy atom. The largest absolute Gasteiger partial charge is 0.454 e. The molecule has 0 radical (unpaired) electrons. The zero-order chi connectivity index (χ0) is 40.3. The lowest BCUT2D eigenvalue weighted by molar-refractivity contribution is 0.456. The predicted octanol–water partition coefficient (Wildman–Crippen LogP) is 14.8. The number of benzene rings is 8. The molecule has 2 aromatic heterocycles. The van der Waals surface area contributed by atoms with Crippen molar-refractivity contribution in [2.24, 2.45) is 5.92 Å². The Morgan fingerprint density at radius 1 is 0.492 bits per heavy atom. The van der Waals surface area contributed by atoms with Gasteiger partial charge in [-0.1, -0.05) is 164 Å². The summed E-state index contributed by atoms with van der Waals surface area (Å²) in [5.41, 5.74) is 13.2. The van der Waals surface area contributed by atoms with Crippen molar-refractivity contribution < 1.29 is 4.42 Å². The number of rotatable bonds is 7. The Morgan fingerprint density at radius 3 is 1.67 bits per heavy atom. The van der Waals surface area contributed by atoms with Gasteiger partial charge in [0.25, 0.3) is 0 Å². The first-order chi connectivity index (χ1) is 30.3. The highest BCUT2D eigenvalue weighted by atomic mass is 16.3. The second-order valence-corrected chi connectivity index (χ2v) is 16.2. The van der Waals surface area contributed by atoms with Crippen molar-refractivity contribution in [3.63, 3.8) is 0 Å². The van der Waals surface area contributed by atoms with Crippen molar-refractivity contribution in [1.29, 1.82) is 0 Å². The van der Waals surface area contributed by atoms with Crippen LogP contribution in [0.4, 0.5) is 11.4 Å². The normalized spacial score (nSPS) is 16.4. The summed E-state index contributed by atoms with van der Waals surface area (Å²) in [5, 5.41) is 5.23. The summed E-state index contributed by atoms with van der Waals surface area (Å²) in [6.07, 6.45) is 9.25. The van der Waals surface area contributed by atoms with Crippen molar-refractivity contribution in [3.8, 4) is 22.5 Å². The van der Waals surface area contributed by atoms with Gasteiger partial charge >= 0.3 is 0 Å². The first kappa shape index (κ1) is 35.2. The molecule has 2 aliphatic carbocycles. The molecule has 288 valence electrons. The molecule has 0 N–H and O–H groups in total. The van der Waals surface area contributed by atoms with Crippen molar-refractivity contribution >= 4 is 44.0 Å². The Balaban J connectivity index is 1.09. The van der Waals surface area contributed by atoms with Crippen LogP contribution in [0.1, 0.15) is 28.2 Å². The third-order valence-electron chi connectivity index (χ3n) is 13.1. The molecule has 3 heteroatoms. The Hall–Kier alpha value is -7.75. The molecule has 0 spiro atoms. The van der Waals surface area contributed by atoms with Gasteiger partial charge in [-0.25, -0.2) is 0 Å². The van der Waals surface area contributed by atoms with Gasteiger partial charge in [-0.15, -0.1) is 0 Å². The fourth-order valence-corrected chi connectivity index (χ4v) is 10.5. The summed E-state index contributed by atoms with van der Waals surface area (Å²) in [4.78, 5) is 6.94. The summed E-state index contributed by atoms with van der Waals surface area (Å²) < 4.78 is 6.26. The molecule has 61 heavy (non-hydrogen) atoms. The number of allylic oxidation sites excluding steroid dienone is 3. The van der Waals surface area contributed by atoms with E-state index in [1.165, 1.54) is 54.9 Å². The summed E-state index contributed by atoms with van der Waals surface area (Å²) >= 11 is 0. The van der Waals surface area contributed by atoms with E-state index in [2.05, 4.69) is 216 Å². The zero-order valence-corrected chi connectivity index (χ0v) is 33.4. The van der Waals surface area contributed by atoms with Crippen LogP contribution in [0, 0.1) is 5.92 Å². The van der Waals surface area contributed by atoms with Gasteiger partial charge < -0.3 is 9.32 Å². The van der Waals surface area contributed by atoms with Gasteiger partial charge in [0.2, 0.25) is 0 Å². The number of fused-ring (bicyclic) bond motifs is 9. The standard InChI is InChI=1S/C58H40N2O/c1-4-15-39(16-5-1)40-26-30-44(31-27-40)60(45-32-28-41(29-33-45)55-38-53-54(61-55)25-14-36-59-53)46-34-35-51-52(37-46)58(42-17-6-2-7-18-42,43-19-8-3-9-20-43)57-50-24-13-11-22-48(50)47-21-10-12-23-49(47)56(51)57/h1-38,51-52H. The number of nitrogens with zero attached hydrogens (tertiary/aromatic N) is 2. The summed E-state index contributed by atoms with van der Waals surface area (Å²) in [5.74, 6) is 0.979. The van der Waals surface area contributed by atoms with Crippen LogP contribution < -0.4 is 4.90 Å². The van der Waals surface area contributed by atoms with Crippen LogP contribution in [-0.2, 0) is 5.41 Å². The van der Waals surface area contributed by atoms with Crippen LogP contribution in [0.25, 0.3) is 55.1 Å². The average Bonchev–Trinajstić information content (AvgIpc) is 3.92. The SMILES string of the molecule is C1=CC2c3c(c4ccccc4c4ccccc34)C(c3ccccc3)(c3ccccc3)C2C=C1N(c1ccc(-c2ccccc2)cc1)c1ccc(-c2cc3ncccc3o2)cc1. The van der Waals surface area contributed by atoms with Crippen LogP contribution in [0.2, 0.25) is 0 Å². The van der Waals surface area contributed by atoms with Crippen molar-refractivity contribution in [3.05, 3.63) is 259 Å². The van der Waals surface area contributed by atoms with E-state index in [0.717, 1.165) is 39.5 Å². The van der Waals surface area contributed by atoms with Gasteiger partial charge in [0.05, 0.1) is 5.41 Å². The molecular weight excluding hydrogens is 741 g/mol. The van der Waals surface area contributed by atoms with E-state index in [1.54, 1.807) is 6.20 Å². The van der Waals surface area contributed by atoms with Crippen LogP contribution in [-0.4, -0.2) is 4.98 Å². The van der Waals surface area contributed by atoms with E-state index < -0.39 is 5.41 Å². The molecule has 8 aromatic carbocycles. The highest BCUT2D eigenvalue weighted by molar-refractivity contribution is 6.12. The molecule has 0 saturated carbocycles. The number of furan rings is 1. The quantitative estimate of drug-likeness (QED) is 0.151. The van der Waals surface area contributed by atoms with Gasteiger partial charge in [-0.05, 0) is 110 Å². The van der Waals surface area contributed by atoms with E-state index in [9.17, 15) is 0 Å². The molecule has 3 nitrogen and oxygen atoms in total. The molecule has 12 rings (SSSR count). The van der Waals surface area contributed by atoms with E-state index in [4.69, 9.17) is 4.42 Å². The van der Waals surface area contributed by atoms with Crippen LogP contribution in [0.15, 0.2) is 241 Å². The number of anilines is 2. The predicted molar refractivity (Wildman–Crippen MR) is 251 cm³/mol. The molecule has 0 bridgehead atoms. The molecule has 2 heterocycles. The van der Waals surface area contributed by atoms with Gasteiger partial charge in [0, 0.05) is 46.7 Å². The lowest BCUT2D eigenvalue weighted by Gasteiger charge is -2.41. The van der Waals surface area contributed by atoms with E-state index >= 15 is 0 Å². The third kappa shape index (κ3) is 5.55. The Bertz CT molecular complexity index is 3220. The number of pyridine rings is 1. The van der Waals surface area contributed by atoms with E-state index in [-0.39, 0.29) is 11.8 Å². The molecule has 10 aromatic rings. The molecule has 0 saturated heterocycles. The summed E-state index contributed by atoms with van der Waals surface area (Å²) in [6.45, 7) is 0. The minimum atomic E-state index is -0.496. The molecule has 2 unspecified atom stereocenters. The summed E-state index contributed by atoms with van der Waals surface area (Å²) in [6, 6.07) is 74.9. The van der Waals surface area contributed by atoms with Gasteiger partial charge in [0.15, 0.2) is 5.58 Å². The third-order valence-corrected chi connectivity index (χ3v) is 13.1. The first-order valence-electron chi connectivity index (χ1n) is 21.1. The minimum Gasteiger partial charge on any atom is -0.454 e. The van der Waals surface area contributed by atoms with E-state index in [1.807, 2.05) is 18.2 Å². The highest BCUT2D eigenvalue weighted by Gasteiger charge is 2.55. The zero-order valence-electron chi connectivity index (χ0n) is 33.4. The van der Waals surface area contributed by atoms with Crippen LogP contribution in [0.3, 0.4) is 0 Å². The molecular formula is C58H40N2O. The topological polar surface area (TPSA) is 29.3 Å². The minimum absolute atomic E-state index is 0.0509. The smallest absolute Gasteiger partial charge is 0.153 e. The molecule has 0 amide bonds. The molecule has 0 aliphatic heterocycles. The van der Waals surface area contributed by atoms with Gasteiger partial charge in [0.1, 0.15) is 11.3 Å². The Labute approximate surface area is 355 Å². The molecule has 0 fully saturated rings. The van der Waals surface area contributed by atoms with Gasteiger partial charge in [-0.2, -0.15) is 0 Å². The number of aromatic nitrogens is 1. The number of hydrogen-bond acceptors (Lipinski definition) is 3. The fraction of sp³-hybridized carbons (Fsp3) is 0.0517. The second-order valence-electron chi connectivity index (χ2n) is 16.2. The lowest BCUT2D eigenvalue weighted by atomic mass is 9.62.